The molecule has 0 bridgehead atoms. The maximum atomic E-state index is 4.83. The lowest BCUT2D eigenvalue weighted by Gasteiger charge is -2.35. The molecule has 4 heteroatoms. The summed E-state index contributed by atoms with van der Waals surface area (Å²) in [5, 5.41) is 3.51. The number of nitrogens with one attached hydrogen (secondary N) is 1. The van der Waals surface area contributed by atoms with Crippen LogP contribution in [0.1, 0.15) is 39.3 Å². The van der Waals surface area contributed by atoms with Gasteiger partial charge in [0.15, 0.2) is 0 Å². The van der Waals surface area contributed by atoms with Gasteiger partial charge in [0.25, 0.3) is 0 Å². The lowest BCUT2D eigenvalue weighted by Crippen LogP contribution is -2.47. The Kier molecular flexibility index (Phi) is 4.18. The maximum absolute atomic E-state index is 4.83. The molecule has 2 fully saturated rings. The number of anilines is 1. The average Bonchev–Trinajstić information content (AvgIpc) is 3.30. The molecule has 2 aliphatic rings. The largest absolute Gasteiger partial charge is 0.354 e. The molecule has 1 saturated heterocycles. The molecular weight excluding hydrogens is 260 g/mol. The van der Waals surface area contributed by atoms with E-state index >= 15 is 0 Å². The molecule has 3 rings (SSSR count). The van der Waals surface area contributed by atoms with E-state index in [2.05, 4.69) is 54.1 Å². The standard InChI is InChI=1S/C17H28N4/c1-17(2,3)18-13-14-5-4-6-16(19-14)21-11-9-20(10-12-21)15-7-8-15/h4-6,15,18H,7-13H2,1-3H3. The van der Waals surface area contributed by atoms with Gasteiger partial charge < -0.3 is 10.2 Å². The van der Waals surface area contributed by atoms with Gasteiger partial charge in [0, 0.05) is 44.3 Å². The molecule has 1 aliphatic carbocycles. The summed E-state index contributed by atoms with van der Waals surface area (Å²) in [4.78, 5) is 9.90. The molecule has 21 heavy (non-hydrogen) atoms. The van der Waals surface area contributed by atoms with Crippen molar-refractivity contribution < 1.29 is 0 Å². The highest BCUT2D eigenvalue weighted by atomic mass is 15.3. The van der Waals surface area contributed by atoms with E-state index in [1.165, 1.54) is 25.9 Å². The summed E-state index contributed by atoms with van der Waals surface area (Å²) in [5.41, 5.74) is 1.26. The number of pyridine rings is 1. The minimum atomic E-state index is 0.133. The van der Waals surface area contributed by atoms with Crippen molar-refractivity contribution in [3.8, 4) is 0 Å². The fourth-order valence-electron chi connectivity index (χ4n) is 2.85. The van der Waals surface area contributed by atoms with Gasteiger partial charge in [0.2, 0.25) is 0 Å². The first-order chi connectivity index (χ1) is 10.0. The van der Waals surface area contributed by atoms with Gasteiger partial charge in [-0.05, 0) is 45.7 Å². The van der Waals surface area contributed by atoms with Crippen LogP contribution in [-0.2, 0) is 6.54 Å². The summed E-state index contributed by atoms with van der Waals surface area (Å²) in [6.07, 6.45) is 2.82. The van der Waals surface area contributed by atoms with Gasteiger partial charge in [-0.3, -0.25) is 4.90 Å². The Morgan fingerprint density at radius 1 is 1.14 bits per heavy atom. The molecule has 1 aromatic rings. The van der Waals surface area contributed by atoms with Gasteiger partial charge in [-0.2, -0.15) is 0 Å². The molecule has 1 N–H and O–H groups in total. The van der Waals surface area contributed by atoms with E-state index < -0.39 is 0 Å². The minimum absolute atomic E-state index is 0.133. The fraction of sp³-hybridized carbons (Fsp3) is 0.706. The van der Waals surface area contributed by atoms with Crippen LogP contribution in [0, 0.1) is 0 Å². The summed E-state index contributed by atoms with van der Waals surface area (Å²) in [7, 11) is 0. The Morgan fingerprint density at radius 2 is 1.86 bits per heavy atom. The number of nitrogens with zero attached hydrogens (tertiary/aromatic N) is 3. The van der Waals surface area contributed by atoms with E-state index in [1.54, 1.807) is 0 Å². The van der Waals surface area contributed by atoms with Gasteiger partial charge in [0.1, 0.15) is 5.82 Å². The first kappa shape index (κ1) is 14.8. The number of hydrogen-bond donors (Lipinski definition) is 1. The zero-order valence-electron chi connectivity index (χ0n) is 13.6. The summed E-state index contributed by atoms with van der Waals surface area (Å²) in [5.74, 6) is 1.14. The van der Waals surface area contributed by atoms with E-state index in [0.29, 0.717) is 0 Å². The second-order valence-electron chi connectivity index (χ2n) is 7.34. The Bertz CT molecular complexity index is 468. The van der Waals surface area contributed by atoms with Crippen molar-refractivity contribution in [2.75, 3.05) is 31.1 Å². The second-order valence-corrected chi connectivity index (χ2v) is 7.34. The number of aromatic nitrogens is 1. The molecule has 0 atom stereocenters. The third-order valence-corrected chi connectivity index (χ3v) is 4.29. The number of piperazine rings is 1. The minimum Gasteiger partial charge on any atom is -0.354 e. The molecule has 0 radical (unpaired) electrons. The van der Waals surface area contributed by atoms with E-state index in [-0.39, 0.29) is 5.54 Å². The predicted molar refractivity (Wildman–Crippen MR) is 87.6 cm³/mol. The van der Waals surface area contributed by atoms with Crippen molar-refractivity contribution in [3.63, 3.8) is 0 Å². The average molecular weight is 288 g/mol. The SMILES string of the molecule is CC(C)(C)NCc1cccc(N2CCN(C3CC3)CC2)n1. The van der Waals surface area contributed by atoms with Gasteiger partial charge in [-0.25, -0.2) is 4.98 Å². The van der Waals surface area contributed by atoms with Crippen LogP contribution in [0.15, 0.2) is 18.2 Å². The van der Waals surface area contributed by atoms with Crippen LogP contribution in [0.3, 0.4) is 0 Å². The summed E-state index contributed by atoms with van der Waals surface area (Å²) < 4.78 is 0. The predicted octanol–water partition coefficient (Wildman–Crippen LogP) is 2.25. The third kappa shape index (κ3) is 4.17. The van der Waals surface area contributed by atoms with E-state index in [1.807, 2.05) is 0 Å². The highest BCUT2D eigenvalue weighted by Crippen LogP contribution is 2.28. The highest BCUT2D eigenvalue weighted by Gasteiger charge is 2.31. The van der Waals surface area contributed by atoms with Crippen molar-refractivity contribution in [2.24, 2.45) is 0 Å². The van der Waals surface area contributed by atoms with Gasteiger partial charge in [-0.1, -0.05) is 6.07 Å². The van der Waals surface area contributed by atoms with Gasteiger partial charge in [0.05, 0.1) is 5.69 Å². The summed E-state index contributed by atoms with van der Waals surface area (Å²) >= 11 is 0. The van der Waals surface area contributed by atoms with Crippen molar-refractivity contribution in [1.82, 2.24) is 15.2 Å². The molecule has 0 aromatic carbocycles. The van der Waals surface area contributed by atoms with Crippen LogP contribution in [0.4, 0.5) is 5.82 Å². The fourth-order valence-corrected chi connectivity index (χ4v) is 2.85. The molecule has 1 aliphatic heterocycles. The maximum Gasteiger partial charge on any atom is 0.128 e. The lowest BCUT2D eigenvalue weighted by molar-refractivity contribution is 0.247. The van der Waals surface area contributed by atoms with Gasteiger partial charge in [-0.15, -0.1) is 0 Å². The zero-order chi connectivity index (χ0) is 14.9. The second kappa shape index (κ2) is 5.93. The number of hydrogen-bond acceptors (Lipinski definition) is 4. The van der Waals surface area contributed by atoms with E-state index in [0.717, 1.165) is 37.2 Å². The first-order valence-corrected chi connectivity index (χ1v) is 8.21. The molecule has 4 nitrogen and oxygen atoms in total. The van der Waals surface area contributed by atoms with Crippen LogP contribution in [0.25, 0.3) is 0 Å². The van der Waals surface area contributed by atoms with Crippen molar-refractivity contribution in [3.05, 3.63) is 23.9 Å². The van der Waals surface area contributed by atoms with Gasteiger partial charge >= 0.3 is 0 Å². The van der Waals surface area contributed by atoms with Crippen molar-refractivity contribution >= 4 is 5.82 Å². The van der Waals surface area contributed by atoms with E-state index in [4.69, 9.17) is 4.98 Å². The van der Waals surface area contributed by atoms with Crippen LogP contribution in [-0.4, -0.2) is 47.6 Å². The monoisotopic (exact) mass is 288 g/mol. The molecule has 116 valence electrons. The summed E-state index contributed by atoms with van der Waals surface area (Å²) in [6.45, 7) is 12.0. The first-order valence-electron chi connectivity index (χ1n) is 8.21. The zero-order valence-corrected chi connectivity index (χ0v) is 13.6. The Hall–Kier alpha value is -1.13. The smallest absolute Gasteiger partial charge is 0.128 e. The molecule has 0 unspecified atom stereocenters. The molecule has 1 saturated carbocycles. The topological polar surface area (TPSA) is 31.4 Å². The molecule has 2 heterocycles. The van der Waals surface area contributed by atoms with Crippen LogP contribution >= 0.6 is 0 Å². The highest BCUT2D eigenvalue weighted by molar-refractivity contribution is 5.40. The summed E-state index contributed by atoms with van der Waals surface area (Å²) in [6, 6.07) is 7.29. The lowest BCUT2D eigenvalue weighted by atomic mass is 10.1. The Labute approximate surface area is 128 Å². The molecule has 0 spiro atoms. The normalized spacial score (nSPS) is 20.8. The number of rotatable bonds is 4. The Balaban J connectivity index is 1.58. The van der Waals surface area contributed by atoms with Crippen molar-refractivity contribution in [1.29, 1.82) is 0 Å². The third-order valence-electron chi connectivity index (χ3n) is 4.29. The molecular formula is C17H28N4. The van der Waals surface area contributed by atoms with Crippen molar-refractivity contribution in [2.45, 2.75) is 51.7 Å². The van der Waals surface area contributed by atoms with Crippen LogP contribution in [0.2, 0.25) is 0 Å². The Morgan fingerprint density at radius 3 is 2.48 bits per heavy atom. The quantitative estimate of drug-likeness (QED) is 0.921. The van der Waals surface area contributed by atoms with Crippen LogP contribution < -0.4 is 10.2 Å². The van der Waals surface area contributed by atoms with E-state index in [9.17, 15) is 0 Å². The molecule has 1 aromatic heterocycles. The molecule has 0 amide bonds. The van der Waals surface area contributed by atoms with Crippen LogP contribution in [0.5, 0.6) is 0 Å².